The minimum Gasteiger partial charge on any atom is -0.207 e. The van der Waals surface area contributed by atoms with Gasteiger partial charge in [-0.15, -0.1) is 0 Å². The van der Waals surface area contributed by atoms with Crippen LogP contribution < -0.4 is 0 Å². The molecule has 0 heterocycles. The summed E-state index contributed by atoms with van der Waals surface area (Å²) in [6, 6.07) is 2.64. The maximum Gasteiger partial charge on any atom is 0.130 e. The molecular weight excluding hydrogens is 214 g/mol. The summed E-state index contributed by atoms with van der Waals surface area (Å²) < 4.78 is 25.7. The van der Waals surface area contributed by atoms with Gasteiger partial charge in [0.2, 0.25) is 0 Å². The lowest BCUT2D eigenvalue weighted by atomic mass is 10.1. The van der Waals surface area contributed by atoms with Crippen molar-refractivity contribution in [1.29, 1.82) is 0 Å². The SMILES string of the molecule is Cc1cc(F)c(CBr)c(F)c1. The lowest BCUT2D eigenvalue weighted by molar-refractivity contribution is 0.565. The molecular formula is C8H7BrF2. The number of alkyl halides is 1. The lowest BCUT2D eigenvalue weighted by Crippen LogP contribution is -1.92. The number of aryl methyl sites for hydroxylation is 1. The molecule has 1 aromatic carbocycles. The second-order valence-electron chi connectivity index (χ2n) is 2.34. The predicted octanol–water partition coefficient (Wildman–Crippen LogP) is 3.17. The van der Waals surface area contributed by atoms with Gasteiger partial charge in [-0.05, 0) is 24.6 Å². The van der Waals surface area contributed by atoms with Crippen LogP contribution in [0.15, 0.2) is 12.1 Å². The van der Waals surface area contributed by atoms with Crippen LogP contribution in [0.25, 0.3) is 0 Å². The van der Waals surface area contributed by atoms with Crippen molar-refractivity contribution in [2.24, 2.45) is 0 Å². The summed E-state index contributed by atoms with van der Waals surface area (Å²) in [5, 5.41) is 0.213. The van der Waals surface area contributed by atoms with Crippen LogP contribution in [0.3, 0.4) is 0 Å². The summed E-state index contributed by atoms with van der Waals surface area (Å²) in [7, 11) is 0. The first-order valence-electron chi connectivity index (χ1n) is 3.15. The first-order chi connectivity index (χ1) is 5.15. The normalized spacial score (nSPS) is 10.2. The molecule has 3 heteroatoms. The fourth-order valence-corrected chi connectivity index (χ4v) is 1.39. The molecule has 0 fully saturated rings. The van der Waals surface area contributed by atoms with E-state index in [0.717, 1.165) is 0 Å². The molecule has 0 aromatic heterocycles. The van der Waals surface area contributed by atoms with Crippen molar-refractivity contribution in [2.75, 3.05) is 0 Å². The Morgan fingerprint density at radius 1 is 1.27 bits per heavy atom. The first-order valence-corrected chi connectivity index (χ1v) is 4.27. The van der Waals surface area contributed by atoms with Gasteiger partial charge in [0.05, 0.1) is 0 Å². The molecule has 0 N–H and O–H groups in total. The number of hydrogen-bond acceptors (Lipinski definition) is 0. The smallest absolute Gasteiger partial charge is 0.130 e. The molecule has 11 heavy (non-hydrogen) atoms. The second kappa shape index (κ2) is 3.30. The fraction of sp³-hybridized carbons (Fsp3) is 0.250. The lowest BCUT2D eigenvalue weighted by Gasteiger charge is -2.01. The maximum absolute atomic E-state index is 12.8. The highest BCUT2D eigenvalue weighted by Gasteiger charge is 2.07. The van der Waals surface area contributed by atoms with E-state index in [1.807, 2.05) is 0 Å². The topological polar surface area (TPSA) is 0 Å². The molecule has 0 atom stereocenters. The van der Waals surface area contributed by atoms with Crippen molar-refractivity contribution in [3.63, 3.8) is 0 Å². The highest BCUT2D eigenvalue weighted by Crippen LogP contribution is 2.17. The van der Waals surface area contributed by atoms with Crippen molar-refractivity contribution in [2.45, 2.75) is 12.3 Å². The van der Waals surface area contributed by atoms with Gasteiger partial charge in [-0.3, -0.25) is 0 Å². The Labute approximate surface area is 72.4 Å². The monoisotopic (exact) mass is 220 g/mol. The molecule has 1 rings (SSSR count). The van der Waals surface area contributed by atoms with Crippen LogP contribution in [0.4, 0.5) is 8.78 Å². The van der Waals surface area contributed by atoms with Crippen LogP contribution in [0.2, 0.25) is 0 Å². The third-order valence-corrected chi connectivity index (χ3v) is 1.98. The summed E-state index contributed by atoms with van der Waals surface area (Å²) in [6.07, 6.45) is 0. The fourth-order valence-electron chi connectivity index (χ4n) is 0.857. The Morgan fingerprint density at radius 2 is 1.73 bits per heavy atom. The van der Waals surface area contributed by atoms with Gasteiger partial charge in [-0.1, -0.05) is 15.9 Å². The molecule has 0 aliphatic carbocycles. The van der Waals surface area contributed by atoms with E-state index in [1.165, 1.54) is 12.1 Å². The number of rotatable bonds is 1. The Kier molecular flexibility index (Phi) is 2.60. The van der Waals surface area contributed by atoms with Gasteiger partial charge in [0.15, 0.2) is 0 Å². The third kappa shape index (κ3) is 1.77. The van der Waals surface area contributed by atoms with E-state index in [9.17, 15) is 8.78 Å². The van der Waals surface area contributed by atoms with Gasteiger partial charge >= 0.3 is 0 Å². The van der Waals surface area contributed by atoms with Gasteiger partial charge < -0.3 is 0 Å². The van der Waals surface area contributed by atoms with Crippen molar-refractivity contribution in [3.05, 3.63) is 34.9 Å². The minimum atomic E-state index is -0.487. The zero-order valence-electron chi connectivity index (χ0n) is 6.00. The molecule has 0 aliphatic heterocycles. The highest BCUT2D eigenvalue weighted by molar-refractivity contribution is 9.08. The quantitative estimate of drug-likeness (QED) is 0.639. The van der Waals surface area contributed by atoms with Gasteiger partial charge in [0, 0.05) is 10.9 Å². The Balaban J connectivity index is 3.25. The van der Waals surface area contributed by atoms with E-state index in [1.54, 1.807) is 6.92 Å². The molecule has 0 unspecified atom stereocenters. The van der Waals surface area contributed by atoms with Crippen LogP contribution in [-0.2, 0) is 5.33 Å². The second-order valence-corrected chi connectivity index (χ2v) is 2.90. The van der Waals surface area contributed by atoms with Crippen molar-refractivity contribution < 1.29 is 8.78 Å². The van der Waals surface area contributed by atoms with Crippen molar-refractivity contribution in [1.82, 2.24) is 0 Å². The average Bonchev–Trinajstić information content (AvgIpc) is 1.85. The number of benzene rings is 1. The maximum atomic E-state index is 12.8. The zero-order valence-corrected chi connectivity index (χ0v) is 7.58. The molecule has 0 nitrogen and oxygen atoms in total. The van der Waals surface area contributed by atoms with Crippen molar-refractivity contribution in [3.8, 4) is 0 Å². The molecule has 0 amide bonds. The van der Waals surface area contributed by atoms with E-state index in [4.69, 9.17) is 0 Å². The van der Waals surface area contributed by atoms with E-state index in [0.29, 0.717) is 5.56 Å². The molecule has 1 aromatic rings. The Bertz CT molecular complexity index is 248. The minimum absolute atomic E-state index is 0.0931. The molecule has 0 saturated heterocycles. The van der Waals surface area contributed by atoms with Crippen LogP contribution in [0.1, 0.15) is 11.1 Å². The van der Waals surface area contributed by atoms with E-state index in [-0.39, 0.29) is 10.9 Å². The van der Waals surface area contributed by atoms with Gasteiger partial charge in [0.1, 0.15) is 11.6 Å². The summed E-state index contributed by atoms with van der Waals surface area (Å²) in [5.41, 5.74) is 0.695. The zero-order chi connectivity index (χ0) is 8.43. The van der Waals surface area contributed by atoms with Crippen molar-refractivity contribution >= 4 is 15.9 Å². The Morgan fingerprint density at radius 3 is 2.09 bits per heavy atom. The molecule has 0 saturated carbocycles. The molecule has 0 radical (unpaired) electrons. The molecule has 0 aliphatic rings. The summed E-state index contributed by atoms with van der Waals surface area (Å²) in [6.45, 7) is 1.66. The summed E-state index contributed by atoms with van der Waals surface area (Å²) in [4.78, 5) is 0. The average molecular weight is 221 g/mol. The van der Waals surface area contributed by atoms with Gasteiger partial charge in [-0.25, -0.2) is 8.78 Å². The molecule has 0 bridgehead atoms. The predicted molar refractivity (Wildman–Crippen MR) is 43.7 cm³/mol. The standard InChI is InChI=1S/C8H7BrF2/c1-5-2-7(10)6(4-9)8(11)3-5/h2-3H,4H2,1H3. The van der Waals surface area contributed by atoms with Crippen LogP contribution in [0.5, 0.6) is 0 Å². The van der Waals surface area contributed by atoms with Crippen LogP contribution in [-0.4, -0.2) is 0 Å². The summed E-state index contributed by atoms with van der Waals surface area (Å²) in [5.74, 6) is -0.973. The summed E-state index contributed by atoms with van der Waals surface area (Å²) >= 11 is 3.00. The van der Waals surface area contributed by atoms with Crippen LogP contribution >= 0.6 is 15.9 Å². The largest absolute Gasteiger partial charge is 0.207 e. The molecule has 0 spiro atoms. The van der Waals surface area contributed by atoms with Gasteiger partial charge in [0.25, 0.3) is 0 Å². The molecule has 60 valence electrons. The Hall–Kier alpha value is -0.440. The number of halogens is 3. The first kappa shape index (κ1) is 8.65. The van der Waals surface area contributed by atoms with E-state index in [2.05, 4.69) is 15.9 Å². The van der Waals surface area contributed by atoms with Crippen LogP contribution in [0, 0.1) is 18.6 Å². The van der Waals surface area contributed by atoms with E-state index >= 15 is 0 Å². The number of hydrogen-bond donors (Lipinski definition) is 0. The van der Waals surface area contributed by atoms with Gasteiger partial charge in [-0.2, -0.15) is 0 Å². The highest BCUT2D eigenvalue weighted by atomic mass is 79.9. The third-order valence-electron chi connectivity index (χ3n) is 1.42. The van der Waals surface area contributed by atoms with E-state index < -0.39 is 11.6 Å².